The van der Waals surface area contributed by atoms with Crippen molar-refractivity contribution in [2.24, 2.45) is 0 Å². The molecule has 1 aliphatic rings. The van der Waals surface area contributed by atoms with Crippen LogP contribution in [0.1, 0.15) is 18.7 Å². The van der Waals surface area contributed by atoms with Crippen molar-refractivity contribution in [3.8, 4) is 0 Å². The molecule has 0 atom stereocenters. The summed E-state index contributed by atoms with van der Waals surface area (Å²) in [6, 6.07) is 0. The van der Waals surface area contributed by atoms with Gasteiger partial charge < -0.3 is 14.7 Å². The Kier molecular flexibility index (Phi) is 4.09. The van der Waals surface area contributed by atoms with Crippen molar-refractivity contribution in [3.05, 3.63) is 5.82 Å². The molecule has 1 aromatic heterocycles. The second-order valence-electron chi connectivity index (χ2n) is 3.90. The summed E-state index contributed by atoms with van der Waals surface area (Å²) in [5, 5.41) is 9.69. The van der Waals surface area contributed by atoms with Crippen molar-refractivity contribution < 1.29 is 9.84 Å². The van der Waals surface area contributed by atoms with Crippen LogP contribution in [-0.2, 0) is 4.74 Å². The van der Waals surface area contributed by atoms with Gasteiger partial charge in [-0.15, -0.1) is 0 Å². The molecular weight excluding hydrogens is 226 g/mol. The Bertz CT molecular complexity index is 324. The van der Waals surface area contributed by atoms with Crippen LogP contribution < -0.4 is 4.90 Å². The number of aromatic nitrogens is 2. The van der Waals surface area contributed by atoms with Crippen LogP contribution in [0.4, 0.5) is 5.13 Å². The molecule has 1 fully saturated rings. The molecule has 2 heterocycles. The number of ether oxygens (including phenoxy) is 1. The van der Waals surface area contributed by atoms with Crippen LogP contribution in [0, 0.1) is 6.92 Å². The molecule has 1 N–H and O–H groups in total. The lowest BCUT2D eigenvalue weighted by Crippen LogP contribution is -2.37. The Balaban J connectivity index is 1.81. The topological polar surface area (TPSA) is 58.5 Å². The first-order valence-electron chi connectivity index (χ1n) is 5.57. The van der Waals surface area contributed by atoms with Gasteiger partial charge in [-0.3, -0.25) is 0 Å². The summed E-state index contributed by atoms with van der Waals surface area (Å²) < 4.78 is 9.70. The van der Waals surface area contributed by atoms with Crippen molar-refractivity contribution >= 4 is 16.7 Å². The van der Waals surface area contributed by atoms with Crippen LogP contribution >= 0.6 is 11.5 Å². The number of piperidine rings is 1. The number of aliphatic hydroxyl groups excluding tert-OH is 1. The lowest BCUT2D eigenvalue weighted by Gasteiger charge is -2.31. The maximum atomic E-state index is 8.68. The molecule has 1 saturated heterocycles. The molecule has 0 bridgehead atoms. The Labute approximate surface area is 99.2 Å². The minimum Gasteiger partial charge on any atom is -0.394 e. The van der Waals surface area contributed by atoms with Gasteiger partial charge in [0.15, 0.2) is 0 Å². The first-order chi connectivity index (χ1) is 7.79. The summed E-state index contributed by atoms with van der Waals surface area (Å²) >= 11 is 1.46. The molecule has 0 spiro atoms. The van der Waals surface area contributed by atoms with E-state index in [1.54, 1.807) is 0 Å². The van der Waals surface area contributed by atoms with E-state index in [0.29, 0.717) is 6.61 Å². The fourth-order valence-corrected chi connectivity index (χ4v) is 2.57. The highest BCUT2D eigenvalue weighted by molar-refractivity contribution is 7.09. The second-order valence-corrected chi connectivity index (χ2v) is 4.64. The van der Waals surface area contributed by atoms with E-state index < -0.39 is 0 Å². The summed E-state index contributed by atoms with van der Waals surface area (Å²) in [5.74, 6) is 0.846. The van der Waals surface area contributed by atoms with Crippen LogP contribution in [0.5, 0.6) is 0 Å². The molecule has 0 saturated carbocycles. The maximum Gasteiger partial charge on any atom is 0.205 e. The highest BCUT2D eigenvalue weighted by Crippen LogP contribution is 2.22. The van der Waals surface area contributed by atoms with Gasteiger partial charge in [0.1, 0.15) is 5.82 Å². The van der Waals surface area contributed by atoms with Gasteiger partial charge in [-0.2, -0.15) is 4.37 Å². The third kappa shape index (κ3) is 2.90. The van der Waals surface area contributed by atoms with Crippen molar-refractivity contribution in [3.63, 3.8) is 0 Å². The average Bonchev–Trinajstić information content (AvgIpc) is 2.74. The number of nitrogens with zero attached hydrogens (tertiary/aromatic N) is 3. The number of rotatable bonds is 4. The van der Waals surface area contributed by atoms with Gasteiger partial charge in [-0.25, -0.2) is 4.98 Å². The van der Waals surface area contributed by atoms with Crippen LogP contribution in [0.2, 0.25) is 0 Å². The summed E-state index contributed by atoms with van der Waals surface area (Å²) in [7, 11) is 0. The third-order valence-corrected chi connectivity index (χ3v) is 3.54. The Morgan fingerprint density at radius 3 is 2.81 bits per heavy atom. The van der Waals surface area contributed by atoms with E-state index in [-0.39, 0.29) is 12.7 Å². The van der Waals surface area contributed by atoms with Gasteiger partial charge in [-0.05, 0) is 19.8 Å². The second kappa shape index (κ2) is 5.56. The van der Waals surface area contributed by atoms with Crippen LogP contribution in [0.25, 0.3) is 0 Å². The lowest BCUT2D eigenvalue weighted by atomic mass is 10.1. The molecule has 16 heavy (non-hydrogen) atoms. The average molecular weight is 243 g/mol. The van der Waals surface area contributed by atoms with Crippen LogP contribution in [0.15, 0.2) is 0 Å². The zero-order valence-electron chi connectivity index (χ0n) is 9.43. The van der Waals surface area contributed by atoms with Crippen molar-refractivity contribution in [2.45, 2.75) is 25.9 Å². The van der Waals surface area contributed by atoms with Crippen molar-refractivity contribution in [1.29, 1.82) is 0 Å². The maximum absolute atomic E-state index is 8.68. The van der Waals surface area contributed by atoms with Gasteiger partial charge in [0.2, 0.25) is 5.13 Å². The quantitative estimate of drug-likeness (QED) is 0.848. The van der Waals surface area contributed by atoms with E-state index in [9.17, 15) is 0 Å². The van der Waals surface area contributed by atoms with E-state index in [1.807, 2.05) is 6.92 Å². The van der Waals surface area contributed by atoms with Gasteiger partial charge in [-0.1, -0.05) is 0 Å². The van der Waals surface area contributed by atoms with E-state index in [0.717, 1.165) is 36.9 Å². The minimum absolute atomic E-state index is 0.107. The van der Waals surface area contributed by atoms with E-state index in [4.69, 9.17) is 9.84 Å². The molecule has 0 aliphatic carbocycles. The molecule has 90 valence electrons. The molecular formula is C10H17N3O2S. The fourth-order valence-electron chi connectivity index (χ4n) is 1.85. The van der Waals surface area contributed by atoms with Crippen LogP contribution in [0.3, 0.4) is 0 Å². The summed E-state index contributed by atoms with van der Waals surface area (Å²) in [5.41, 5.74) is 0. The molecule has 0 amide bonds. The molecule has 0 radical (unpaired) electrons. The fraction of sp³-hybridized carbons (Fsp3) is 0.800. The summed E-state index contributed by atoms with van der Waals surface area (Å²) in [6.07, 6.45) is 2.29. The first kappa shape index (κ1) is 11.8. The molecule has 2 rings (SSSR count). The molecule has 1 aliphatic heterocycles. The standard InChI is InChI=1S/C10H17N3O2S/c1-8-11-10(16-12-8)13-4-2-9(3-5-13)15-7-6-14/h9,14H,2-7H2,1H3. The number of aliphatic hydroxyl groups is 1. The summed E-state index contributed by atoms with van der Waals surface area (Å²) in [4.78, 5) is 6.63. The highest BCUT2D eigenvalue weighted by Gasteiger charge is 2.21. The monoisotopic (exact) mass is 243 g/mol. The SMILES string of the molecule is Cc1nsc(N2CCC(OCCO)CC2)n1. The van der Waals surface area contributed by atoms with E-state index >= 15 is 0 Å². The van der Waals surface area contributed by atoms with Crippen LogP contribution in [-0.4, -0.2) is 46.9 Å². The van der Waals surface area contributed by atoms with Gasteiger partial charge in [0.05, 0.1) is 19.3 Å². The molecule has 0 unspecified atom stereocenters. The molecule has 5 nitrogen and oxygen atoms in total. The highest BCUT2D eigenvalue weighted by atomic mass is 32.1. The van der Waals surface area contributed by atoms with Gasteiger partial charge in [0, 0.05) is 24.6 Å². The predicted molar refractivity (Wildman–Crippen MR) is 62.9 cm³/mol. The molecule has 1 aromatic rings. The van der Waals surface area contributed by atoms with E-state index in [1.165, 1.54) is 11.5 Å². The van der Waals surface area contributed by atoms with E-state index in [2.05, 4.69) is 14.3 Å². The minimum atomic E-state index is 0.107. The normalized spacial score (nSPS) is 18.0. The molecule has 6 heteroatoms. The van der Waals surface area contributed by atoms with Crippen molar-refractivity contribution in [1.82, 2.24) is 9.36 Å². The zero-order valence-corrected chi connectivity index (χ0v) is 10.2. The lowest BCUT2D eigenvalue weighted by molar-refractivity contribution is 0.0159. The zero-order chi connectivity index (χ0) is 11.4. The van der Waals surface area contributed by atoms with Crippen molar-refractivity contribution in [2.75, 3.05) is 31.2 Å². The Morgan fingerprint density at radius 1 is 1.50 bits per heavy atom. The smallest absolute Gasteiger partial charge is 0.205 e. The van der Waals surface area contributed by atoms with Gasteiger partial charge in [0.25, 0.3) is 0 Å². The largest absolute Gasteiger partial charge is 0.394 e. The molecule has 0 aromatic carbocycles. The first-order valence-corrected chi connectivity index (χ1v) is 6.34. The Hall–Kier alpha value is -0.720. The Morgan fingerprint density at radius 2 is 2.25 bits per heavy atom. The number of anilines is 1. The summed E-state index contributed by atoms with van der Waals surface area (Å²) in [6.45, 7) is 4.39. The number of hydrogen-bond acceptors (Lipinski definition) is 6. The number of aryl methyl sites for hydroxylation is 1. The number of hydrogen-bond donors (Lipinski definition) is 1. The van der Waals surface area contributed by atoms with Gasteiger partial charge >= 0.3 is 0 Å². The third-order valence-electron chi connectivity index (χ3n) is 2.67. The predicted octanol–water partition coefficient (Wildman–Crippen LogP) is 0.824.